The Labute approximate surface area is 113 Å². The van der Waals surface area contributed by atoms with Gasteiger partial charge in [0.15, 0.2) is 0 Å². The Morgan fingerprint density at radius 1 is 0.944 bits per heavy atom. The van der Waals surface area contributed by atoms with Gasteiger partial charge < -0.3 is 9.84 Å². The van der Waals surface area contributed by atoms with Gasteiger partial charge in [0.2, 0.25) is 0 Å². The van der Waals surface area contributed by atoms with Crippen LogP contribution in [-0.4, -0.2) is 23.9 Å². The largest absolute Gasteiger partial charge is 0.394 e. The molecule has 0 aromatic heterocycles. The molecule has 1 N–H and O–H groups in total. The average molecular weight is 256 g/mol. The van der Waals surface area contributed by atoms with Crippen LogP contribution in [0.3, 0.4) is 0 Å². The number of hydrogen-bond acceptors (Lipinski definition) is 2. The van der Waals surface area contributed by atoms with Gasteiger partial charge >= 0.3 is 0 Å². The topological polar surface area (TPSA) is 32.8 Å². The lowest BCUT2D eigenvalue weighted by Crippen LogP contribution is -2.15. The van der Waals surface area contributed by atoms with Gasteiger partial charge in [0.25, 0.3) is 0 Å². The van der Waals surface area contributed by atoms with Crippen molar-refractivity contribution in [3.05, 3.63) is 0 Å². The van der Waals surface area contributed by atoms with Crippen LogP contribution in [0.4, 0.5) is 0 Å². The molecule has 0 radical (unpaired) electrons. The van der Waals surface area contributed by atoms with E-state index < -0.39 is 0 Å². The maximum absolute atomic E-state index is 9.01. The van der Waals surface area contributed by atoms with Crippen molar-refractivity contribution in [1.82, 2.24) is 0 Å². The highest BCUT2D eigenvalue weighted by Crippen LogP contribution is 2.34. The van der Waals surface area contributed by atoms with E-state index in [1.807, 2.05) is 0 Å². The average Bonchev–Trinajstić information content (AvgIpc) is 3.07. The standard InChI is InChI=1S/C16H32O2/c1-6-11(2)7-12(3)8-13(4)9-14(5)16-15(10-17)18-16/h11-17H,6-10H2,1-5H3/t11?,12-,13-,14-,15+,16?/m0/s1. The molecule has 2 heteroatoms. The molecule has 0 bridgehead atoms. The summed E-state index contributed by atoms with van der Waals surface area (Å²) in [5, 5.41) is 9.01. The smallest absolute Gasteiger partial charge is 0.107 e. The van der Waals surface area contributed by atoms with E-state index in [-0.39, 0.29) is 12.7 Å². The number of hydrogen-bond donors (Lipinski definition) is 1. The third-order valence-corrected chi connectivity index (χ3v) is 4.44. The van der Waals surface area contributed by atoms with Crippen molar-refractivity contribution in [1.29, 1.82) is 0 Å². The number of epoxide rings is 1. The van der Waals surface area contributed by atoms with Gasteiger partial charge in [0.05, 0.1) is 12.7 Å². The zero-order valence-electron chi connectivity index (χ0n) is 12.9. The van der Waals surface area contributed by atoms with E-state index in [2.05, 4.69) is 34.6 Å². The predicted octanol–water partition coefficient (Wildman–Crippen LogP) is 3.87. The molecule has 0 aliphatic carbocycles. The molecule has 1 saturated heterocycles. The third-order valence-electron chi connectivity index (χ3n) is 4.44. The van der Waals surface area contributed by atoms with Crippen LogP contribution in [0.1, 0.15) is 60.3 Å². The van der Waals surface area contributed by atoms with Gasteiger partial charge in [-0.2, -0.15) is 0 Å². The molecule has 2 nitrogen and oxygen atoms in total. The van der Waals surface area contributed by atoms with Crippen molar-refractivity contribution in [2.45, 2.75) is 72.5 Å². The highest BCUT2D eigenvalue weighted by Gasteiger charge is 2.42. The molecule has 0 aromatic carbocycles. The molecule has 0 spiro atoms. The minimum Gasteiger partial charge on any atom is -0.394 e. The summed E-state index contributed by atoms with van der Waals surface area (Å²) in [7, 11) is 0. The first-order valence-electron chi connectivity index (χ1n) is 7.74. The van der Waals surface area contributed by atoms with Crippen molar-refractivity contribution in [3.8, 4) is 0 Å². The highest BCUT2D eigenvalue weighted by molar-refractivity contribution is 4.88. The van der Waals surface area contributed by atoms with E-state index >= 15 is 0 Å². The summed E-state index contributed by atoms with van der Waals surface area (Å²) in [6, 6.07) is 0. The Morgan fingerprint density at radius 2 is 1.50 bits per heavy atom. The lowest BCUT2D eigenvalue weighted by atomic mass is 9.84. The second-order valence-corrected chi connectivity index (χ2v) is 6.73. The maximum Gasteiger partial charge on any atom is 0.107 e. The van der Waals surface area contributed by atoms with Crippen LogP contribution >= 0.6 is 0 Å². The number of rotatable bonds is 9. The lowest BCUT2D eigenvalue weighted by molar-refractivity contribution is 0.235. The summed E-state index contributed by atoms with van der Waals surface area (Å²) in [6.07, 6.45) is 5.65. The van der Waals surface area contributed by atoms with Crippen molar-refractivity contribution in [2.75, 3.05) is 6.61 Å². The molecule has 6 atom stereocenters. The Morgan fingerprint density at radius 3 is 2.00 bits per heavy atom. The third kappa shape index (κ3) is 5.27. The molecule has 108 valence electrons. The van der Waals surface area contributed by atoms with Gasteiger partial charge in [-0.15, -0.1) is 0 Å². The zero-order valence-corrected chi connectivity index (χ0v) is 12.9. The number of aliphatic hydroxyl groups is 1. The van der Waals surface area contributed by atoms with E-state index in [0.29, 0.717) is 12.0 Å². The summed E-state index contributed by atoms with van der Waals surface area (Å²) in [5.41, 5.74) is 0. The summed E-state index contributed by atoms with van der Waals surface area (Å²) in [6.45, 7) is 11.8. The fraction of sp³-hybridized carbons (Fsp3) is 1.00. The number of ether oxygens (including phenoxy) is 1. The van der Waals surface area contributed by atoms with Crippen LogP contribution < -0.4 is 0 Å². The number of aliphatic hydroxyl groups excluding tert-OH is 1. The summed E-state index contributed by atoms with van der Waals surface area (Å²) in [4.78, 5) is 0. The summed E-state index contributed by atoms with van der Waals surface area (Å²) < 4.78 is 5.47. The molecule has 1 aliphatic rings. The molecule has 0 aromatic rings. The molecule has 1 fully saturated rings. The monoisotopic (exact) mass is 256 g/mol. The second-order valence-electron chi connectivity index (χ2n) is 6.73. The van der Waals surface area contributed by atoms with Crippen LogP contribution in [-0.2, 0) is 4.74 Å². The van der Waals surface area contributed by atoms with Crippen LogP contribution in [0.2, 0.25) is 0 Å². The Hall–Kier alpha value is -0.0800. The maximum atomic E-state index is 9.01. The van der Waals surface area contributed by atoms with Crippen LogP contribution in [0.15, 0.2) is 0 Å². The normalized spacial score (nSPS) is 29.7. The molecular weight excluding hydrogens is 224 g/mol. The first-order valence-corrected chi connectivity index (χ1v) is 7.74. The Bertz CT molecular complexity index is 229. The minimum atomic E-state index is 0.129. The Balaban J connectivity index is 2.18. The quantitative estimate of drug-likeness (QED) is 0.635. The fourth-order valence-corrected chi connectivity index (χ4v) is 3.31. The van der Waals surface area contributed by atoms with Crippen molar-refractivity contribution < 1.29 is 9.84 Å². The first kappa shape index (κ1) is 16.0. The van der Waals surface area contributed by atoms with Gasteiger partial charge in [0, 0.05) is 0 Å². The molecule has 0 saturated carbocycles. The van der Waals surface area contributed by atoms with E-state index in [1.165, 1.54) is 25.7 Å². The second kappa shape index (κ2) is 7.49. The van der Waals surface area contributed by atoms with Crippen molar-refractivity contribution in [3.63, 3.8) is 0 Å². The molecule has 0 amide bonds. The van der Waals surface area contributed by atoms with Gasteiger partial charge in [-0.1, -0.05) is 41.0 Å². The van der Waals surface area contributed by atoms with Crippen molar-refractivity contribution in [2.24, 2.45) is 23.7 Å². The molecule has 2 unspecified atom stereocenters. The van der Waals surface area contributed by atoms with Gasteiger partial charge in [-0.3, -0.25) is 0 Å². The van der Waals surface area contributed by atoms with Gasteiger partial charge in [0.1, 0.15) is 6.10 Å². The van der Waals surface area contributed by atoms with E-state index in [9.17, 15) is 0 Å². The van der Waals surface area contributed by atoms with Gasteiger partial charge in [-0.05, 0) is 42.9 Å². The molecular formula is C16H32O2. The van der Waals surface area contributed by atoms with Crippen LogP contribution in [0.5, 0.6) is 0 Å². The minimum absolute atomic E-state index is 0.129. The summed E-state index contributed by atoms with van der Waals surface area (Å²) >= 11 is 0. The SMILES string of the molecule is CCC(C)C[C@H](C)C[C@H](C)C[C@H](C)C1O[C@@H]1CO. The molecule has 18 heavy (non-hydrogen) atoms. The van der Waals surface area contributed by atoms with E-state index in [4.69, 9.17) is 9.84 Å². The Kier molecular flexibility index (Phi) is 6.65. The van der Waals surface area contributed by atoms with Crippen LogP contribution in [0, 0.1) is 23.7 Å². The van der Waals surface area contributed by atoms with E-state index in [1.54, 1.807) is 0 Å². The van der Waals surface area contributed by atoms with Crippen molar-refractivity contribution >= 4 is 0 Å². The van der Waals surface area contributed by atoms with Gasteiger partial charge in [-0.25, -0.2) is 0 Å². The molecule has 1 rings (SSSR count). The molecule has 1 heterocycles. The predicted molar refractivity (Wildman–Crippen MR) is 76.5 cm³/mol. The first-order chi connectivity index (χ1) is 8.47. The fourth-order valence-electron chi connectivity index (χ4n) is 3.31. The lowest BCUT2D eigenvalue weighted by Gasteiger charge is -2.22. The zero-order chi connectivity index (χ0) is 13.7. The van der Waals surface area contributed by atoms with Crippen LogP contribution in [0.25, 0.3) is 0 Å². The summed E-state index contributed by atoms with van der Waals surface area (Å²) in [5.74, 6) is 3.04. The highest BCUT2D eigenvalue weighted by atomic mass is 16.6. The van der Waals surface area contributed by atoms with E-state index in [0.717, 1.165) is 17.8 Å². The molecule has 1 aliphatic heterocycles.